The normalized spacial score (nSPS) is 26.5. The molecular weight excluding hydrogens is 208 g/mol. The lowest BCUT2D eigenvalue weighted by Gasteiger charge is -2.25. The Bertz CT molecular complexity index is 327. The van der Waals surface area contributed by atoms with E-state index in [1.165, 1.54) is 25.7 Å². The van der Waals surface area contributed by atoms with Crippen LogP contribution in [0.2, 0.25) is 0 Å². The molecule has 0 amide bonds. The van der Waals surface area contributed by atoms with Crippen LogP contribution in [0.3, 0.4) is 0 Å². The number of rotatable bonds is 2. The van der Waals surface area contributed by atoms with E-state index in [-0.39, 0.29) is 0 Å². The highest BCUT2D eigenvalue weighted by Crippen LogP contribution is 2.34. The SMILES string of the molecule is CC1CCCC(c2nccc(CCl)n2)C1. The van der Waals surface area contributed by atoms with Crippen molar-refractivity contribution in [2.45, 2.75) is 44.4 Å². The van der Waals surface area contributed by atoms with Crippen LogP contribution in [0.5, 0.6) is 0 Å². The van der Waals surface area contributed by atoms with E-state index in [4.69, 9.17) is 11.6 Å². The Morgan fingerprint density at radius 3 is 3.07 bits per heavy atom. The van der Waals surface area contributed by atoms with Gasteiger partial charge < -0.3 is 0 Å². The van der Waals surface area contributed by atoms with E-state index >= 15 is 0 Å². The molecular formula is C12H17ClN2. The number of nitrogens with zero attached hydrogens (tertiary/aromatic N) is 2. The average Bonchev–Trinajstić information content (AvgIpc) is 2.29. The fraction of sp³-hybridized carbons (Fsp3) is 0.667. The molecule has 1 aliphatic rings. The molecule has 1 aromatic heterocycles. The summed E-state index contributed by atoms with van der Waals surface area (Å²) in [5, 5.41) is 0. The van der Waals surface area contributed by atoms with E-state index in [9.17, 15) is 0 Å². The molecule has 1 fully saturated rings. The van der Waals surface area contributed by atoms with E-state index in [2.05, 4.69) is 16.9 Å². The zero-order valence-corrected chi connectivity index (χ0v) is 9.87. The van der Waals surface area contributed by atoms with E-state index in [1.54, 1.807) is 0 Å². The summed E-state index contributed by atoms with van der Waals surface area (Å²) in [6.07, 6.45) is 6.95. The van der Waals surface area contributed by atoms with Gasteiger partial charge in [-0.1, -0.05) is 19.8 Å². The van der Waals surface area contributed by atoms with Crippen molar-refractivity contribution < 1.29 is 0 Å². The number of hydrogen-bond acceptors (Lipinski definition) is 2. The van der Waals surface area contributed by atoms with Crippen LogP contribution in [0.15, 0.2) is 12.3 Å². The van der Waals surface area contributed by atoms with Gasteiger partial charge in [-0.25, -0.2) is 9.97 Å². The predicted octanol–water partition coefficient (Wildman–Crippen LogP) is 3.51. The Balaban J connectivity index is 2.13. The fourth-order valence-electron chi connectivity index (χ4n) is 2.35. The van der Waals surface area contributed by atoms with Crippen LogP contribution in [-0.2, 0) is 5.88 Å². The van der Waals surface area contributed by atoms with Gasteiger partial charge in [0.15, 0.2) is 0 Å². The van der Waals surface area contributed by atoms with Crippen LogP contribution in [-0.4, -0.2) is 9.97 Å². The van der Waals surface area contributed by atoms with Crippen LogP contribution < -0.4 is 0 Å². The van der Waals surface area contributed by atoms with Crippen LogP contribution in [0, 0.1) is 5.92 Å². The molecule has 2 atom stereocenters. The molecule has 0 N–H and O–H groups in total. The molecule has 1 heterocycles. The Morgan fingerprint density at radius 1 is 1.47 bits per heavy atom. The molecule has 0 bridgehead atoms. The Morgan fingerprint density at radius 2 is 2.33 bits per heavy atom. The Kier molecular flexibility index (Phi) is 3.57. The van der Waals surface area contributed by atoms with E-state index < -0.39 is 0 Å². The summed E-state index contributed by atoms with van der Waals surface area (Å²) in [5.74, 6) is 2.85. The summed E-state index contributed by atoms with van der Waals surface area (Å²) in [7, 11) is 0. The number of alkyl halides is 1. The zero-order chi connectivity index (χ0) is 10.7. The molecule has 15 heavy (non-hydrogen) atoms. The highest BCUT2D eigenvalue weighted by Gasteiger charge is 2.22. The lowest BCUT2D eigenvalue weighted by atomic mass is 9.82. The van der Waals surface area contributed by atoms with Crippen molar-refractivity contribution in [2.24, 2.45) is 5.92 Å². The largest absolute Gasteiger partial charge is 0.241 e. The topological polar surface area (TPSA) is 25.8 Å². The summed E-state index contributed by atoms with van der Waals surface area (Å²) >= 11 is 5.78. The molecule has 0 spiro atoms. The highest BCUT2D eigenvalue weighted by molar-refractivity contribution is 6.16. The Labute approximate surface area is 96.1 Å². The number of aromatic nitrogens is 2. The molecule has 0 aliphatic heterocycles. The first-order chi connectivity index (χ1) is 7.29. The van der Waals surface area contributed by atoms with Gasteiger partial charge in [-0.2, -0.15) is 0 Å². The molecule has 3 heteroatoms. The number of halogens is 1. The number of hydrogen-bond donors (Lipinski definition) is 0. The van der Waals surface area contributed by atoms with Gasteiger partial charge in [-0.3, -0.25) is 0 Å². The Hall–Kier alpha value is -0.630. The molecule has 2 rings (SSSR count). The summed E-state index contributed by atoms with van der Waals surface area (Å²) in [6.45, 7) is 2.32. The van der Waals surface area contributed by atoms with Gasteiger partial charge in [-0.15, -0.1) is 11.6 Å². The quantitative estimate of drug-likeness (QED) is 0.719. The second kappa shape index (κ2) is 4.93. The van der Waals surface area contributed by atoms with Gasteiger partial charge in [0.1, 0.15) is 5.82 Å². The maximum atomic E-state index is 5.78. The molecule has 2 nitrogen and oxygen atoms in total. The van der Waals surface area contributed by atoms with Gasteiger partial charge in [-0.05, 0) is 24.8 Å². The first-order valence-electron chi connectivity index (χ1n) is 5.67. The third kappa shape index (κ3) is 2.69. The summed E-state index contributed by atoms with van der Waals surface area (Å²) < 4.78 is 0. The maximum Gasteiger partial charge on any atom is 0.131 e. The minimum Gasteiger partial charge on any atom is -0.241 e. The van der Waals surface area contributed by atoms with E-state index in [0.29, 0.717) is 11.8 Å². The maximum absolute atomic E-state index is 5.78. The average molecular weight is 225 g/mol. The van der Waals surface area contributed by atoms with Crippen LogP contribution in [0.25, 0.3) is 0 Å². The van der Waals surface area contributed by atoms with Crippen molar-refractivity contribution in [1.29, 1.82) is 0 Å². The smallest absolute Gasteiger partial charge is 0.131 e. The standard InChI is InChI=1S/C12H17ClN2/c1-9-3-2-4-10(7-9)12-14-6-5-11(8-13)15-12/h5-6,9-10H,2-4,7-8H2,1H3. The summed E-state index contributed by atoms with van der Waals surface area (Å²) in [5.41, 5.74) is 0.944. The van der Waals surface area contributed by atoms with Crippen molar-refractivity contribution in [2.75, 3.05) is 0 Å². The fourth-order valence-corrected chi connectivity index (χ4v) is 2.50. The van der Waals surface area contributed by atoms with Crippen molar-refractivity contribution >= 4 is 11.6 Å². The van der Waals surface area contributed by atoms with Gasteiger partial charge >= 0.3 is 0 Å². The molecule has 0 saturated heterocycles. The van der Waals surface area contributed by atoms with E-state index in [0.717, 1.165) is 17.4 Å². The van der Waals surface area contributed by atoms with Crippen molar-refractivity contribution in [3.05, 3.63) is 23.8 Å². The highest BCUT2D eigenvalue weighted by atomic mass is 35.5. The summed E-state index contributed by atoms with van der Waals surface area (Å²) in [6, 6.07) is 1.89. The van der Waals surface area contributed by atoms with Crippen LogP contribution in [0.1, 0.15) is 50.0 Å². The minimum absolute atomic E-state index is 0.484. The molecule has 1 aliphatic carbocycles. The van der Waals surface area contributed by atoms with Crippen molar-refractivity contribution in [3.8, 4) is 0 Å². The lowest BCUT2D eigenvalue weighted by Crippen LogP contribution is -2.14. The second-order valence-corrected chi connectivity index (χ2v) is 4.78. The molecule has 1 aromatic rings. The van der Waals surface area contributed by atoms with Crippen LogP contribution in [0.4, 0.5) is 0 Å². The van der Waals surface area contributed by atoms with Gasteiger partial charge in [0.25, 0.3) is 0 Å². The second-order valence-electron chi connectivity index (χ2n) is 4.51. The first kappa shape index (κ1) is 10.9. The summed E-state index contributed by atoms with van der Waals surface area (Å²) in [4.78, 5) is 8.88. The van der Waals surface area contributed by atoms with Crippen molar-refractivity contribution in [3.63, 3.8) is 0 Å². The molecule has 1 saturated carbocycles. The molecule has 0 radical (unpaired) electrons. The van der Waals surface area contributed by atoms with Gasteiger partial charge in [0.2, 0.25) is 0 Å². The predicted molar refractivity (Wildman–Crippen MR) is 62.0 cm³/mol. The monoisotopic (exact) mass is 224 g/mol. The van der Waals surface area contributed by atoms with E-state index in [1.807, 2.05) is 12.3 Å². The zero-order valence-electron chi connectivity index (χ0n) is 9.12. The third-order valence-corrected chi connectivity index (χ3v) is 3.44. The third-order valence-electron chi connectivity index (χ3n) is 3.17. The van der Waals surface area contributed by atoms with Crippen molar-refractivity contribution in [1.82, 2.24) is 9.97 Å². The minimum atomic E-state index is 0.484. The van der Waals surface area contributed by atoms with Gasteiger partial charge in [0.05, 0.1) is 11.6 Å². The first-order valence-corrected chi connectivity index (χ1v) is 6.21. The molecule has 2 unspecified atom stereocenters. The van der Waals surface area contributed by atoms with Crippen LogP contribution >= 0.6 is 11.6 Å². The molecule has 0 aromatic carbocycles. The lowest BCUT2D eigenvalue weighted by molar-refractivity contribution is 0.335. The van der Waals surface area contributed by atoms with Gasteiger partial charge in [0, 0.05) is 12.1 Å². The molecule has 82 valence electrons.